The lowest BCUT2D eigenvalue weighted by Gasteiger charge is -2.47. The molecular formula is C49H58N10O5S. The Morgan fingerprint density at radius 3 is 2.55 bits per heavy atom. The number of piperidine rings is 1. The third-order valence-electron chi connectivity index (χ3n) is 13.3. The highest BCUT2D eigenvalue weighted by atomic mass is 32.1. The Morgan fingerprint density at radius 1 is 1.00 bits per heavy atom. The molecule has 0 bridgehead atoms. The predicted molar refractivity (Wildman–Crippen MR) is 256 cm³/mol. The van der Waals surface area contributed by atoms with Gasteiger partial charge in [-0.2, -0.15) is 0 Å². The summed E-state index contributed by atoms with van der Waals surface area (Å²) in [5, 5.41) is 27.8. The molecule has 16 heteroatoms. The number of rotatable bonds is 12. The highest BCUT2D eigenvalue weighted by Gasteiger charge is 2.35. The molecule has 9 rings (SSSR count). The number of carbonyl (C=O) groups is 2. The molecule has 1 atom stereocenters. The maximum absolute atomic E-state index is 14.0. The number of aryl methyl sites for hydroxylation is 1. The Hall–Kier alpha value is -5.94. The Morgan fingerprint density at radius 2 is 1.80 bits per heavy atom. The normalized spacial score (nSPS) is 18.3. The molecular weight excluding hydrogens is 841 g/mol. The molecule has 2 saturated heterocycles. The molecule has 1 aromatic carbocycles. The van der Waals surface area contributed by atoms with Gasteiger partial charge in [0.15, 0.2) is 5.82 Å². The van der Waals surface area contributed by atoms with Gasteiger partial charge in [-0.1, -0.05) is 6.58 Å². The number of aliphatic hydroxyl groups is 2. The van der Waals surface area contributed by atoms with Gasteiger partial charge in [0.25, 0.3) is 11.8 Å². The predicted octanol–water partition coefficient (Wildman–Crippen LogP) is 6.85. The quantitative estimate of drug-likeness (QED) is 0.0960. The van der Waals surface area contributed by atoms with E-state index in [0.29, 0.717) is 58.1 Å². The van der Waals surface area contributed by atoms with Crippen LogP contribution in [-0.4, -0.2) is 105 Å². The van der Waals surface area contributed by atoms with E-state index in [4.69, 9.17) is 9.72 Å². The molecule has 4 aliphatic rings. The van der Waals surface area contributed by atoms with Crippen LogP contribution in [0.15, 0.2) is 67.6 Å². The maximum atomic E-state index is 14.0. The van der Waals surface area contributed by atoms with Crippen LogP contribution >= 0.6 is 11.3 Å². The number of pyridine rings is 2. The van der Waals surface area contributed by atoms with Crippen LogP contribution in [0.3, 0.4) is 0 Å². The average molecular weight is 899 g/mol. The number of hydrogen-bond donors (Lipinski definition) is 4. The summed E-state index contributed by atoms with van der Waals surface area (Å²) in [4.78, 5) is 56.6. The summed E-state index contributed by atoms with van der Waals surface area (Å²) in [6.07, 6.45) is 13.5. The van der Waals surface area contributed by atoms with Crippen molar-refractivity contribution in [3.63, 3.8) is 0 Å². The fraction of sp³-hybridized carbons (Fsp3) is 0.429. The molecule has 7 heterocycles. The molecule has 0 saturated carbocycles. The number of anilines is 6. The largest absolute Gasteiger partial charge is 0.478 e. The second-order valence-electron chi connectivity index (χ2n) is 17.9. The molecule has 5 aromatic rings. The topological polar surface area (TPSA) is 172 Å². The van der Waals surface area contributed by atoms with E-state index >= 15 is 0 Å². The Balaban J connectivity index is 0.917. The van der Waals surface area contributed by atoms with Gasteiger partial charge in [-0.15, -0.1) is 11.3 Å². The third-order valence-corrected chi connectivity index (χ3v) is 14.7. The molecule has 4 aromatic heterocycles. The molecule has 1 unspecified atom stereocenters. The van der Waals surface area contributed by atoms with Gasteiger partial charge < -0.3 is 35.4 Å². The van der Waals surface area contributed by atoms with Gasteiger partial charge in [-0.25, -0.2) is 15.0 Å². The SMILES string of the molecule is C=CC(=O)Nc1cc(Nc2nc(-c3ccnc(N4CCc5c(sc6c5CCCC6)C4=O)c3CO)cnc2OC)ccc1N1CCN(C2CCN(c3ccnc(C(C)(C)O)c3)CC2)CC1C. The van der Waals surface area contributed by atoms with Crippen molar-refractivity contribution in [1.82, 2.24) is 24.8 Å². The number of thiophene rings is 1. The molecule has 0 spiro atoms. The summed E-state index contributed by atoms with van der Waals surface area (Å²) in [5.41, 5.74) is 7.06. The van der Waals surface area contributed by atoms with Crippen molar-refractivity contribution in [2.75, 3.05) is 71.7 Å². The van der Waals surface area contributed by atoms with Crippen LogP contribution in [0.1, 0.15) is 83.4 Å². The van der Waals surface area contributed by atoms with E-state index in [1.165, 1.54) is 29.2 Å². The van der Waals surface area contributed by atoms with Crippen molar-refractivity contribution in [1.29, 1.82) is 0 Å². The molecule has 1 aliphatic carbocycles. The zero-order valence-electron chi connectivity index (χ0n) is 37.6. The fourth-order valence-corrected chi connectivity index (χ4v) is 11.4. The number of methoxy groups -OCH3 is 1. The number of piperazine rings is 1. The minimum absolute atomic E-state index is 0.0753. The minimum Gasteiger partial charge on any atom is -0.478 e. The highest BCUT2D eigenvalue weighted by molar-refractivity contribution is 7.14. The van der Waals surface area contributed by atoms with Crippen molar-refractivity contribution in [3.8, 4) is 17.1 Å². The van der Waals surface area contributed by atoms with E-state index in [1.807, 2.05) is 30.3 Å². The molecule has 2 amide bonds. The number of nitrogens with one attached hydrogen (secondary N) is 2. The van der Waals surface area contributed by atoms with Gasteiger partial charge >= 0.3 is 0 Å². The average Bonchev–Trinajstić information content (AvgIpc) is 3.71. The van der Waals surface area contributed by atoms with Crippen molar-refractivity contribution >= 4 is 57.5 Å². The van der Waals surface area contributed by atoms with E-state index in [1.54, 1.807) is 54.7 Å². The van der Waals surface area contributed by atoms with Gasteiger partial charge in [-0.05, 0) is 119 Å². The monoisotopic (exact) mass is 898 g/mol. The zero-order chi connectivity index (χ0) is 45.4. The molecule has 65 heavy (non-hydrogen) atoms. The second-order valence-corrected chi connectivity index (χ2v) is 19.0. The Labute approximate surface area is 384 Å². The lowest BCUT2D eigenvalue weighted by molar-refractivity contribution is -0.111. The molecule has 4 N–H and O–H groups in total. The molecule has 15 nitrogen and oxygen atoms in total. The first-order chi connectivity index (χ1) is 31.4. The second kappa shape index (κ2) is 18.5. The molecule has 0 radical (unpaired) electrons. The van der Waals surface area contributed by atoms with E-state index in [9.17, 15) is 19.8 Å². The number of hydrogen-bond acceptors (Lipinski definition) is 14. The van der Waals surface area contributed by atoms with Gasteiger partial charge in [0.2, 0.25) is 5.91 Å². The number of ether oxygens (including phenoxy) is 1. The van der Waals surface area contributed by atoms with Crippen LogP contribution < -0.4 is 30.1 Å². The van der Waals surface area contributed by atoms with Crippen LogP contribution in [0, 0.1) is 0 Å². The number of amides is 2. The first-order valence-corrected chi connectivity index (χ1v) is 23.5. The lowest BCUT2D eigenvalue weighted by Crippen LogP contribution is -2.57. The van der Waals surface area contributed by atoms with Gasteiger partial charge in [-0.3, -0.25) is 24.4 Å². The van der Waals surface area contributed by atoms with E-state index < -0.39 is 5.60 Å². The van der Waals surface area contributed by atoms with Crippen LogP contribution in [0.25, 0.3) is 11.3 Å². The molecule has 3 aliphatic heterocycles. The summed E-state index contributed by atoms with van der Waals surface area (Å²) in [5.74, 6) is 0.606. The van der Waals surface area contributed by atoms with Crippen LogP contribution in [-0.2, 0) is 36.3 Å². The van der Waals surface area contributed by atoms with Crippen molar-refractivity contribution in [3.05, 3.63) is 99.8 Å². The minimum atomic E-state index is -0.991. The van der Waals surface area contributed by atoms with Crippen molar-refractivity contribution in [2.24, 2.45) is 0 Å². The number of aromatic nitrogens is 4. The fourth-order valence-electron chi connectivity index (χ4n) is 9.97. The van der Waals surface area contributed by atoms with Gasteiger partial charge in [0.1, 0.15) is 11.4 Å². The molecule has 2 fully saturated rings. The number of nitrogens with zero attached hydrogens (tertiary/aromatic N) is 8. The number of benzene rings is 1. The zero-order valence-corrected chi connectivity index (χ0v) is 38.5. The lowest BCUT2D eigenvalue weighted by atomic mass is 9.92. The summed E-state index contributed by atoms with van der Waals surface area (Å²) < 4.78 is 5.66. The number of fused-ring (bicyclic) bond motifs is 3. The number of carbonyl (C=O) groups excluding carboxylic acids is 2. The van der Waals surface area contributed by atoms with Crippen LogP contribution in [0.2, 0.25) is 0 Å². The van der Waals surface area contributed by atoms with Crippen molar-refractivity contribution in [2.45, 2.75) is 90.0 Å². The van der Waals surface area contributed by atoms with E-state index in [-0.39, 0.29) is 30.3 Å². The van der Waals surface area contributed by atoms with Crippen molar-refractivity contribution < 1.29 is 24.5 Å². The van der Waals surface area contributed by atoms with Crippen LogP contribution in [0.4, 0.5) is 34.4 Å². The summed E-state index contributed by atoms with van der Waals surface area (Å²) in [6, 6.07) is 12.3. The summed E-state index contributed by atoms with van der Waals surface area (Å²) in [6.45, 7) is 14.0. The van der Waals surface area contributed by atoms with E-state index in [2.05, 4.69) is 53.8 Å². The van der Waals surface area contributed by atoms with Gasteiger partial charge in [0, 0.05) is 91.1 Å². The highest BCUT2D eigenvalue weighted by Crippen LogP contribution is 2.41. The summed E-state index contributed by atoms with van der Waals surface area (Å²) in [7, 11) is 1.52. The van der Waals surface area contributed by atoms with Crippen LogP contribution in [0.5, 0.6) is 5.88 Å². The smallest absolute Gasteiger partial charge is 0.269 e. The number of aliphatic hydroxyl groups excluding tert-OH is 1. The van der Waals surface area contributed by atoms with E-state index in [0.717, 1.165) is 93.9 Å². The first kappa shape index (κ1) is 44.3. The summed E-state index contributed by atoms with van der Waals surface area (Å²) >= 11 is 1.62. The Kier molecular flexibility index (Phi) is 12.6. The Bertz CT molecular complexity index is 2600. The standard InChI is InChI=1S/C49H58N10O5S/c1-6-43(61)54-38-25-31(11-12-40(38)58-24-23-57(28-30(58)2)32-15-20-56(21-16-32)33-13-18-50-42(26-33)49(3,4)63)53-45-47(64-5)52-27-39(55-45)34-14-19-51-46(37(34)29-60)59-22-17-36-35-9-7-8-10-41(35)65-44(36)48(59)62/h6,11-14,18-19,25-27,30,32,60,63H,1,7-10,15-17,20-24,28-29H2,2-5H3,(H,53,55)(H,54,61). The molecule has 340 valence electrons. The maximum Gasteiger partial charge on any atom is 0.269 e. The van der Waals surface area contributed by atoms with Gasteiger partial charge in [0.05, 0.1) is 47.6 Å². The first-order valence-electron chi connectivity index (χ1n) is 22.7. The third kappa shape index (κ3) is 8.92.